The summed E-state index contributed by atoms with van der Waals surface area (Å²) in [4.78, 5) is 19.9. The molecule has 20 heavy (non-hydrogen) atoms. The first-order valence-corrected chi connectivity index (χ1v) is 7.20. The monoisotopic (exact) mass is 294 g/mol. The van der Waals surface area contributed by atoms with E-state index in [1.807, 2.05) is 12.3 Å². The van der Waals surface area contributed by atoms with Crippen molar-refractivity contribution < 1.29 is 9.18 Å². The van der Waals surface area contributed by atoms with Crippen molar-refractivity contribution in [3.63, 3.8) is 0 Å². The molecule has 106 valence electrons. The number of halogens is 1. The summed E-state index contributed by atoms with van der Waals surface area (Å²) in [5.74, 6) is -0.998. The molecule has 0 bridgehead atoms. The van der Waals surface area contributed by atoms with Gasteiger partial charge in [0.15, 0.2) is 11.6 Å². The van der Waals surface area contributed by atoms with Gasteiger partial charge in [-0.3, -0.25) is 4.79 Å². The second-order valence-electron chi connectivity index (χ2n) is 4.11. The Morgan fingerprint density at radius 3 is 3.00 bits per heavy atom. The molecule has 1 amide bonds. The molecule has 2 aromatic heterocycles. The van der Waals surface area contributed by atoms with Crippen LogP contribution < -0.4 is 10.6 Å². The largest absolute Gasteiger partial charge is 0.368 e. The fraction of sp³-hybridized carbons (Fsp3) is 0.308. The third-order valence-corrected chi connectivity index (χ3v) is 3.23. The number of nitrogens with one attached hydrogen (secondary N) is 2. The van der Waals surface area contributed by atoms with Crippen molar-refractivity contribution in [2.75, 3.05) is 11.9 Å². The molecule has 0 aliphatic carbocycles. The van der Waals surface area contributed by atoms with E-state index < -0.39 is 11.7 Å². The average Bonchev–Trinajstić information content (AvgIpc) is 2.97. The van der Waals surface area contributed by atoms with Gasteiger partial charge < -0.3 is 10.6 Å². The predicted octanol–water partition coefficient (Wildman–Crippen LogP) is 2.43. The summed E-state index contributed by atoms with van der Waals surface area (Å²) in [6.07, 6.45) is 2.26. The molecule has 0 saturated carbocycles. The van der Waals surface area contributed by atoms with E-state index in [4.69, 9.17) is 0 Å². The smallest absolute Gasteiger partial charge is 0.254 e. The summed E-state index contributed by atoms with van der Waals surface area (Å²) in [5, 5.41) is 7.32. The van der Waals surface area contributed by atoms with E-state index in [0.29, 0.717) is 6.54 Å². The van der Waals surface area contributed by atoms with E-state index in [1.54, 1.807) is 5.51 Å². The van der Waals surface area contributed by atoms with Gasteiger partial charge in [0.1, 0.15) is 0 Å². The molecule has 7 heteroatoms. The zero-order valence-corrected chi connectivity index (χ0v) is 11.8. The highest BCUT2D eigenvalue weighted by Crippen LogP contribution is 2.15. The van der Waals surface area contributed by atoms with Crippen LogP contribution in [0.3, 0.4) is 0 Å². The second-order valence-corrected chi connectivity index (χ2v) is 4.83. The molecular weight excluding hydrogens is 279 g/mol. The maximum absolute atomic E-state index is 14.1. The fourth-order valence-electron chi connectivity index (χ4n) is 1.58. The highest BCUT2D eigenvalue weighted by atomic mass is 32.1. The summed E-state index contributed by atoms with van der Waals surface area (Å²) in [5.41, 5.74) is 2.41. The minimum Gasteiger partial charge on any atom is -0.368 e. The molecule has 0 unspecified atom stereocenters. The van der Waals surface area contributed by atoms with E-state index in [-0.39, 0.29) is 17.9 Å². The molecule has 0 atom stereocenters. The van der Waals surface area contributed by atoms with Crippen molar-refractivity contribution in [2.24, 2.45) is 0 Å². The molecule has 2 rings (SSSR count). The van der Waals surface area contributed by atoms with Crippen LogP contribution in [0.1, 0.15) is 29.4 Å². The molecule has 0 aromatic carbocycles. The first-order chi connectivity index (χ1) is 9.72. The van der Waals surface area contributed by atoms with Crippen LogP contribution in [0.25, 0.3) is 0 Å². The highest BCUT2D eigenvalue weighted by molar-refractivity contribution is 7.07. The maximum Gasteiger partial charge on any atom is 0.254 e. The minimum atomic E-state index is -0.628. The average molecular weight is 294 g/mol. The maximum atomic E-state index is 14.1. The van der Waals surface area contributed by atoms with E-state index in [2.05, 4.69) is 20.6 Å². The number of anilines is 1. The van der Waals surface area contributed by atoms with Gasteiger partial charge in [0.25, 0.3) is 5.91 Å². The summed E-state index contributed by atoms with van der Waals surface area (Å²) < 4.78 is 14.1. The highest BCUT2D eigenvalue weighted by Gasteiger charge is 2.15. The Kier molecular flexibility index (Phi) is 5.00. The van der Waals surface area contributed by atoms with E-state index >= 15 is 0 Å². The molecule has 5 nitrogen and oxygen atoms in total. The third kappa shape index (κ3) is 3.51. The van der Waals surface area contributed by atoms with E-state index in [1.165, 1.54) is 23.6 Å². The molecule has 0 aliphatic heterocycles. The quantitative estimate of drug-likeness (QED) is 0.858. The Hall–Kier alpha value is -2.02. The van der Waals surface area contributed by atoms with E-state index in [9.17, 15) is 9.18 Å². The summed E-state index contributed by atoms with van der Waals surface area (Å²) >= 11 is 1.45. The Morgan fingerprint density at radius 1 is 1.45 bits per heavy atom. The minimum absolute atomic E-state index is 0.0196. The van der Waals surface area contributed by atoms with Crippen molar-refractivity contribution in [1.29, 1.82) is 0 Å². The molecule has 0 saturated heterocycles. The van der Waals surface area contributed by atoms with Crippen LogP contribution in [-0.2, 0) is 6.54 Å². The van der Waals surface area contributed by atoms with Gasteiger partial charge in [-0.2, -0.15) is 0 Å². The third-order valence-electron chi connectivity index (χ3n) is 2.59. The Morgan fingerprint density at radius 2 is 2.30 bits per heavy atom. The lowest BCUT2D eigenvalue weighted by Gasteiger charge is -2.09. The second kappa shape index (κ2) is 6.95. The van der Waals surface area contributed by atoms with Gasteiger partial charge >= 0.3 is 0 Å². The van der Waals surface area contributed by atoms with Crippen molar-refractivity contribution >= 4 is 23.1 Å². The van der Waals surface area contributed by atoms with Crippen LogP contribution in [0.2, 0.25) is 0 Å². The molecule has 2 N–H and O–H groups in total. The fourth-order valence-corrected chi connectivity index (χ4v) is 2.14. The van der Waals surface area contributed by atoms with Crippen LogP contribution in [0.5, 0.6) is 0 Å². The van der Waals surface area contributed by atoms with Gasteiger partial charge in [-0.05, 0) is 12.5 Å². The summed E-state index contributed by atoms with van der Waals surface area (Å²) in [6, 6.07) is 1.36. The number of rotatable bonds is 6. The lowest BCUT2D eigenvalue weighted by molar-refractivity contribution is 0.0946. The van der Waals surface area contributed by atoms with E-state index in [0.717, 1.165) is 12.1 Å². The zero-order valence-electron chi connectivity index (χ0n) is 11.0. The van der Waals surface area contributed by atoms with Gasteiger partial charge in [0.2, 0.25) is 0 Å². The van der Waals surface area contributed by atoms with Crippen molar-refractivity contribution in [3.8, 4) is 0 Å². The van der Waals surface area contributed by atoms with Crippen molar-refractivity contribution in [2.45, 2.75) is 19.9 Å². The Balaban J connectivity index is 2.05. The number of amides is 1. The summed E-state index contributed by atoms with van der Waals surface area (Å²) in [6.45, 7) is 2.85. The molecule has 2 heterocycles. The lowest BCUT2D eigenvalue weighted by Crippen LogP contribution is -2.24. The van der Waals surface area contributed by atoms with Crippen LogP contribution in [0, 0.1) is 5.82 Å². The van der Waals surface area contributed by atoms with Gasteiger partial charge in [0, 0.05) is 18.1 Å². The number of hydrogen-bond donors (Lipinski definition) is 2. The Labute approximate surface area is 120 Å². The SMILES string of the molecule is CCCNc1nccc(C(=O)NCc2cscn2)c1F. The van der Waals surface area contributed by atoms with Crippen molar-refractivity contribution in [1.82, 2.24) is 15.3 Å². The normalized spacial score (nSPS) is 10.3. The topological polar surface area (TPSA) is 66.9 Å². The lowest BCUT2D eigenvalue weighted by atomic mass is 10.2. The molecular formula is C13H15FN4OS. The molecule has 0 aliphatic rings. The van der Waals surface area contributed by atoms with Gasteiger partial charge in [-0.15, -0.1) is 11.3 Å². The van der Waals surface area contributed by atoms with Crippen LogP contribution in [0.4, 0.5) is 10.2 Å². The molecule has 0 spiro atoms. The zero-order chi connectivity index (χ0) is 14.4. The van der Waals surface area contributed by atoms with Gasteiger partial charge in [-0.1, -0.05) is 6.92 Å². The van der Waals surface area contributed by atoms with Crippen LogP contribution in [0.15, 0.2) is 23.2 Å². The number of hydrogen-bond acceptors (Lipinski definition) is 5. The number of carbonyl (C=O) groups excluding carboxylic acids is 1. The summed E-state index contributed by atoms with van der Waals surface area (Å²) in [7, 11) is 0. The van der Waals surface area contributed by atoms with Gasteiger partial charge in [0.05, 0.1) is 23.3 Å². The number of pyridine rings is 1. The molecule has 0 fully saturated rings. The number of aromatic nitrogens is 2. The first-order valence-electron chi connectivity index (χ1n) is 6.26. The Bertz CT molecular complexity index is 574. The van der Waals surface area contributed by atoms with Crippen LogP contribution >= 0.6 is 11.3 Å². The molecule has 0 radical (unpaired) electrons. The first kappa shape index (κ1) is 14.4. The van der Waals surface area contributed by atoms with Crippen molar-refractivity contribution in [3.05, 3.63) is 40.2 Å². The molecule has 2 aromatic rings. The standard InChI is InChI=1S/C13H15FN4OS/c1-2-4-15-12-11(14)10(3-5-16-12)13(19)17-6-9-7-20-8-18-9/h3,5,7-8H,2,4,6H2,1H3,(H,15,16)(H,17,19). The number of nitrogens with zero attached hydrogens (tertiary/aromatic N) is 2. The van der Waals surface area contributed by atoms with Crippen LogP contribution in [-0.4, -0.2) is 22.4 Å². The number of carbonyl (C=O) groups is 1. The van der Waals surface area contributed by atoms with Gasteiger partial charge in [-0.25, -0.2) is 14.4 Å². The number of thiazole rings is 1. The predicted molar refractivity (Wildman–Crippen MR) is 76.3 cm³/mol.